The molecule has 0 bridgehead atoms. The Bertz CT molecular complexity index is 458. The summed E-state index contributed by atoms with van der Waals surface area (Å²) in [5.41, 5.74) is 0.926. The molecule has 1 unspecified atom stereocenters. The number of hydrogen-bond donors (Lipinski definition) is 1. The molecular formula is C13H17N3O4. The van der Waals surface area contributed by atoms with E-state index in [1.54, 1.807) is 0 Å². The molecule has 1 fully saturated rings. The van der Waals surface area contributed by atoms with Gasteiger partial charge < -0.3 is 14.8 Å². The van der Waals surface area contributed by atoms with Gasteiger partial charge in [-0.15, -0.1) is 0 Å². The smallest absolute Gasteiger partial charge is 0.359 e. The lowest BCUT2D eigenvalue weighted by Crippen LogP contribution is -2.32. The summed E-state index contributed by atoms with van der Waals surface area (Å²) >= 11 is 0. The SMILES string of the molecule is O=[N+]([O-])N=C(NCC1CCOC1)OCc1ccccc1. The summed E-state index contributed by atoms with van der Waals surface area (Å²) in [6, 6.07) is 9.36. The quantitative estimate of drug-likeness (QED) is 0.381. The summed E-state index contributed by atoms with van der Waals surface area (Å²) in [5, 5.41) is 15.8. The van der Waals surface area contributed by atoms with Crippen LogP contribution in [0.5, 0.6) is 0 Å². The van der Waals surface area contributed by atoms with Crippen LogP contribution < -0.4 is 5.32 Å². The molecule has 1 aliphatic heterocycles. The summed E-state index contributed by atoms with van der Waals surface area (Å²) in [4.78, 5) is 10.5. The highest BCUT2D eigenvalue weighted by atomic mass is 16.7. The van der Waals surface area contributed by atoms with Crippen molar-refractivity contribution in [3.8, 4) is 0 Å². The number of rotatable bonds is 5. The maximum atomic E-state index is 10.5. The van der Waals surface area contributed by atoms with Crippen LogP contribution in [0, 0.1) is 16.0 Å². The van der Waals surface area contributed by atoms with Crippen LogP contribution in [-0.2, 0) is 16.1 Å². The van der Waals surface area contributed by atoms with E-state index in [4.69, 9.17) is 9.47 Å². The van der Waals surface area contributed by atoms with Crippen molar-refractivity contribution in [1.82, 2.24) is 5.32 Å². The average Bonchev–Trinajstić information content (AvgIpc) is 2.96. The van der Waals surface area contributed by atoms with Crippen LogP contribution in [0.4, 0.5) is 0 Å². The first-order valence-electron chi connectivity index (χ1n) is 6.45. The Labute approximate surface area is 116 Å². The van der Waals surface area contributed by atoms with Gasteiger partial charge in [-0.25, -0.2) is 10.1 Å². The van der Waals surface area contributed by atoms with Gasteiger partial charge >= 0.3 is 6.02 Å². The zero-order valence-corrected chi connectivity index (χ0v) is 11.0. The van der Waals surface area contributed by atoms with Crippen molar-refractivity contribution in [2.24, 2.45) is 11.0 Å². The van der Waals surface area contributed by atoms with Crippen molar-refractivity contribution in [2.45, 2.75) is 13.0 Å². The number of hydrogen-bond acceptors (Lipinski definition) is 4. The predicted molar refractivity (Wildman–Crippen MR) is 72.6 cm³/mol. The van der Waals surface area contributed by atoms with Gasteiger partial charge in [0.2, 0.25) is 0 Å². The van der Waals surface area contributed by atoms with Gasteiger partial charge in [-0.05, 0) is 12.0 Å². The third-order valence-electron chi connectivity index (χ3n) is 2.96. The maximum absolute atomic E-state index is 10.5. The fraction of sp³-hybridized carbons (Fsp3) is 0.462. The summed E-state index contributed by atoms with van der Waals surface area (Å²) in [6.45, 7) is 2.19. The van der Waals surface area contributed by atoms with Gasteiger partial charge in [0.1, 0.15) is 11.7 Å². The van der Waals surface area contributed by atoms with Crippen molar-refractivity contribution in [2.75, 3.05) is 19.8 Å². The van der Waals surface area contributed by atoms with E-state index in [0.29, 0.717) is 19.1 Å². The molecule has 0 saturated carbocycles. The lowest BCUT2D eigenvalue weighted by Gasteiger charge is -2.11. The van der Waals surface area contributed by atoms with Gasteiger partial charge in [0.05, 0.1) is 6.61 Å². The molecule has 7 nitrogen and oxygen atoms in total. The van der Waals surface area contributed by atoms with E-state index in [2.05, 4.69) is 10.4 Å². The molecule has 1 N–H and O–H groups in total. The number of hydrazone groups is 1. The second-order valence-corrected chi connectivity index (χ2v) is 4.53. The fourth-order valence-electron chi connectivity index (χ4n) is 1.89. The molecule has 108 valence electrons. The molecule has 1 aromatic rings. The van der Waals surface area contributed by atoms with Crippen LogP contribution in [0.15, 0.2) is 35.4 Å². The third kappa shape index (κ3) is 4.85. The van der Waals surface area contributed by atoms with E-state index in [9.17, 15) is 10.1 Å². The summed E-state index contributed by atoms with van der Waals surface area (Å²) in [6.07, 6.45) is 0.942. The fourth-order valence-corrected chi connectivity index (χ4v) is 1.89. The summed E-state index contributed by atoms with van der Waals surface area (Å²) < 4.78 is 10.6. The minimum atomic E-state index is -0.765. The Morgan fingerprint density at radius 2 is 2.30 bits per heavy atom. The molecule has 7 heteroatoms. The molecule has 1 saturated heterocycles. The highest BCUT2D eigenvalue weighted by Gasteiger charge is 2.17. The number of amidine groups is 1. The number of nitrogens with one attached hydrogen (secondary N) is 1. The first kappa shape index (κ1) is 14.3. The Kier molecular flexibility index (Phi) is 5.31. The third-order valence-corrected chi connectivity index (χ3v) is 2.96. The maximum Gasteiger partial charge on any atom is 0.359 e. The molecule has 0 aliphatic carbocycles. The first-order chi connectivity index (χ1) is 9.74. The number of nitro groups is 1. The topological polar surface area (TPSA) is 86.0 Å². The lowest BCUT2D eigenvalue weighted by atomic mass is 10.1. The van der Waals surface area contributed by atoms with E-state index < -0.39 is 5.03 Å². The summed E-state index contributed by atoms with van der Waals surface area (Å²) in [5.74, 6) is 0.340. The Balaban J connectivity index is 1.85. The zero-order valence-electron chi connectivity index (χ0n) is 11.0. The van der Waals surface area contributed by atoms with E-state index in [-0.39, 0.29) is 12.6 Å². The second kappa shape index (κ2) is 7.44. The first-order valence-corrected chi connectivity index (χ1v) is 6.45. The second-order valence-electron chi connectivity index (χ2n) is 4.53. The van der Waals surface area contributed by atoms with Crippen LogP contribution >= 0.6 is 0 Å². The Morgan fingerprint density at radius 3 is 2.95 bits per heavy atom. The minimum absolute atomic E-state index is 0.0641. The van der Waals surface area contributed by atoms with Crippen LogP contribution in [0.3, 0.4) is 0 Å². The number of benzene rings is 1. The van der Waals surface area contributed by atoms with Crippen LogP contribution in [0.2, 0.25) is 0 Å². The predicted octanol–water partition coefficient (Wildman–Crippen LogP) is 1.38. The van der Waals surface area contributed by atoms with E-state index >= 15 is 0 Å². The standard InChI is InChI=1S/C13H17N3O4/c17-16(18)15-13(14-8-12-6-7-19-9-12)20-10-11-4-2-1-3-5-11/h1-5,12H,6-10H2,(H,14,15). The molecule has 1 aromatic carbocycles. The normalized spacial score (nSPS) is 18.8. The highest BCUT2D eigenvalue weighted by molar-refractivity contribution is 5.72. The Morgan fingerprint density at radius 1 is 1.50 bits per heavy atom. The van der Waals surface area contributed by atoms with Gasteiger partial charge in [0.15, 0.2) is 5.03 Å². The van der Waals surface area contributed by atoms with Gasteiger partial charge in [-0.1, -0.05) is 30.3 Å². The monoisotopic (exact) mass is 279 g/mol. The summed E-state index contributed by atoms with van der Waals surface area (Å²) in [7, 11) is 0. The largest absolute Gasteiger partial charge is 0.456 e. The van der Waals surface area contributed by atoms with Crippen LogP contribution in [0.25, 0.3) is 0 Å². The van der Waals surface area contributed by atoms with Gasteiger partial charge in [-0.3, -0.25) is 0 Å². The van der Waals surface area contributed by atoms with E-state index in [1.807, 2.05) is 30.3 Å². The molecule has 2 rings (SSSR count). The van der Waals surface area contributed by atoms with Crippen LogP contribution in [-0.4, -0.2) is 30.8 Å². The Hall–Kier alpha value is -2.15. The minimum Gasteiger partial charge on any atom is -0.456 e. The molecule has 1 heterocycles. The molecule has 0 aromatic heterocycles. The van der Waals surface area contributed by atoms with Crippen molar-refractivity contribution in [3.05, 3.63) is 46.0 Å². The molecule has 0 amide bonds. The molecule has 0 radical (unpaired) electrons. The van der Waals surface area contributed by atoms with Crippen molar-refractivity contribution in [1.29, 1.82) is 0 Å². The van der Waals surface area contributed by atoms with Gasteiger partial charge in [0.25, 0.3) is 0 Å². The van der Waals surface area contributed by atoms with E-state index in [0.717, 1.165) is 18.6 Å². The average molecular weight is 279 g/mol. The van der Waals surface area contributed by atoms with Crippen molar-refractivity contribution < 1.29 is 14.5 Å². The number of ether oxygens (including phenoxy) is 2. The van der Waals surface area contributed by atoms with Crippen LogP contribution in [0.1, 0.15) is 12.0 Å². The highest BCUT2D eigenvalue weighted by Crippen LogP contribution is 2.10. The van der Waals surface area contributed by atoms with E-state index in [1.165, 1.54) is 0 Å². The molecule has 1 aliphatic rings. The van der Waals surface area contributed by atoms with Gasteiger partial charge in [0, 0.05) is 19.1 Å². The number of nitrogens with zero attached hydrogens (tertiary/aromatic N) is 2. The van der Waals surface area contributed by atoms with Gasteiger partial charge in [-0.2, -0.15) is 0 Å². The molecular weight excluding hydrogens is 262 g/mol. The molecule has 0 spiro atoms. The molecule has 20 heavy (non-hydrogen) atoms. The molecule has 1 atom stereocenters. The lowest BCUT2D eigenvalue weighted by molar-refractivity contribution is -0.486. The zero-order chi connectivity index (χ0) is 14.2. The van der Waals surface area contributed by atoms with Crippen molar-refractivity contribution in [3.63, 3.8) is 0 Å². The van der Waals surface area contributed by atoms with Crippen molar-refractivity contribution >= 4 is 6.02 Å².